The van der Waals surface area contributed by atoms with Crippen molar-refractivity contribution in [1.29, 1.82) is 0 Å². The Kier molecular flexibility index (Phi) is 6.85. The van der Waals surface area contributed by atoms with Crippen molar-refractivity contribution in [2.24, 2.45) is 0 Å². The molecule has 0 unspecified atom stereocenters. The molecule has 0 aliphatic carbocycles. The first-order chi connectivity index (χ1) is 5.39. The third-order valence-corrected chi connectivity index (χ3v) is 0.940. The number of benzene rings is 1. The molecule has 0 radical (unpaired) electrons. The fourth-order valence-electron chi connectivity index (χ4n) is 0.534. The molecule has 1 rings (SSSR count). The van der Waals surface area contributed by atoms with Crippen molar-refractivity contribution < 1.29 is 9.20 Å². The van der Waals surface area contributed by atoms with Gasteiger partial charge in [-0.15, -0.1) is 0 Å². The van der Waals surface area contributed by atoms with E-state index in [0.29, 0.717) is 0 Å². The molecular formula is C7H8Cl4Mn. The Hall–Kier alpha value is 0.899. The minimum atomic E-state index is -2.74. The molecule has 1 aromatic carbocycles. The molecule has 0 nitrogen and oxygen atoms in total. The molecule has 1 aromatic rings. The number of aryl methyl sites for hydroxylation is 1. The number of hydrogen-bond donors (Lipinski definition) is 0. The van der Waals surface area contributed by atoms with Crippen molar-refractivity contribution >= 4 is 40.4 Å². The Morgan fingerprint density at radius 2 is 1.25 bits per heavy atom. The van der Waals surface area contributed by atoms with Gasteiger partial charge in [-0.05, 0) is 6.92 Å². The van der Waals surface area contributed by atoms with E-state index in [1.165, 1.54) is 5.56 Å². The Morgan fingerprint density at radius 3 is 1.42 bits per heavy atom. The molecule has 0 aliphatic heterocycles. The molecule has 71 valence electrons. The van der Waals surface area contributed by atoms with Gasteiger partial charge in [0.2, 0.25) is 0 Å². The summed E-state index contributed by atoms with van der Waals surface area (Å²) in [5.41, 5.74) is 1.32. The van der Waals surface area contributed by atoms with Gasteiger partial charge in [0.05, 0.1) is 0 Å². The summed E-state index contributed by atoms with van der Waals surface area (Å²) in [5, 5.41) is 0. The van der Waals surface area contributed by atoms with Crippen LogP contribution in [0.5, 0.6) is 0 Å². The van der Waals surface area contributed by atoms with Crippen molar-refractivity contribution in [3.8, 4) is 0 Å². The van der Waals surface area contributed by atoms with Crippen LogP contribution in [0.2, 0.25) is 0 Å². The normalized spacial score (nSPS) is 11.4. The Morgan fingerprint density at radius 1 is 0.917 bits per heavy atom. The Labute approximate surface area is 91.9 Å². The average molecular weight is 289 g/mol. The van der Waals surface area contributed by atoms with Crippen molar-refractivity contribution in [2.75, 3.05) is 0 Å². The SMILES string of the molecule is Cc1ccccc1.[Cl][Mn]([Cl])([Cl])[Cl]. The van der Waals surface area contributed by atoms with Gasteiger partial charge in [-0.25, -0.2) is 0 Å². The van der Waals surface area contributed by atoms with Crippen LogP contribution in [-0.4, -0.2) is 0 Å². The molecule has 0 aromatic heterocycles. The van der Waals surface area contributed by atoms with Gasteiger partial charge in [0.25, 0.3) is 0 Å². The van der Waals surface area contributed by atoms with Crippen molar-refractivity contribution in [1.82, 2.24) is 0 Å². The zero-order valence-corrected chi connectivity index (χ0v) is 10.5. The third-order valence-electron chi connectivity index (χ3n) is 0.940. The van der Waals surface area contributed by atoms with Gasteiger partial charge >= 0.3 is 49.6 Å². The van der Waals surface area contributed by atoms with Gasteiger partial charge in [0.15, 0.2) is 0 Å². The average Bonchev–Trinajstić information content (AvgIpc) is 1.85. The third kappa shape index (κ3) is 13.5. The summed E-state index contributed by atoms with van der Waals surface area (Å²) in [5.74, 6) is 0. The predicted octanol–water partition coefficient (Wildman–Crippen LogP) is 4.75. The van der Waals surface area contributed by atoms with Gasteiger partial charge < -0.3 is 0 Å². The molecule has 12 heavy (non-hydrogen) atoms. The van der Waals surface area contributed by atoms with Crippen LogP contribution in [0.25, 0.3) is 0 Å². The zero-order valence-electron chi connectivity index (χ0n) is 6.28. The van der Waals surface area contributed by atoms with E-state index in [2.05, 4.69) is 19.1 Å². The van der Waals surface area contributed by atoms with Crippen LogP contribution in [0.15, 0.2) is 30.3 Å². The molecule has 0 spiro atoms. The first kappa shape index (κ1) is 12.9. The molecule has 5 heteroatoms. The summed E-state index contributed by atoms with van der Waals surface area (Å²) in [7, 11) is 17.1. The minimum absolute atomic E-state index is 1.32. The van der Waals surface area contributed by atoms with Crippen LogP contribution in [0.4, 0.5) is 0 Å². The second kappa shape index (κ2) is 6.37. The molecule has 0 saturated carbocycles. The van der Waals surface area contributed by atoms with E-state index >= 15 is 0 Å². The van der Waals surface area contributed by atoms with E-state index in [0.717, 1.165) is 0 Å². The first-order valence-electron chi connectivity index (χ1n) is 2.98. The van der Waals surface area contributed by atoms with Gasteiger partial charge in [0, 0.05) is 0 Å². The first-order valence-corrected chi connectivity index (χ1v) is 9.48. The number of halogens is 4. The van der Waals surface area contributed by atoms with Crippen LogP contribution >= 0.6 is 40.4 Å². The van der Waals surface area contributed by atoms with Crippen molar-refractivity contribution in [2.45, 2.75) is 6.92 Å². The maximum atomic E-state index is 4.97. The number of rotatable bonds is 0. The van der Waals surface area contributed by atoms with Crippen molar-refractivity contribution in [3.05, 3.63) is 35.9 Å². The maximum absolute atomic E-state index is 4.97. The zero-order chi connectivity index (χ0) is 9.61. The number of hydrogen-bond acceptors (Lipinski definition) is 0. The summed E-state index contributed by atoms with van der Waals surface area (Å²) in [6, 6.07) is 10.3. The topological polar surface area (TPSA) is 0 Å². The molecule has 0 bridgehead atoms. The predicted molar refractivity (Wildman–Crippen MR) is 54.6 cm³/mol. The monoisotopic (exact) mass is 287 g/mol. The molecule has 0 amide bonds. The van der Waals surface area contributed by atoms with Gasteiger partial charge in [-0.3, -0.25) is 0 Å². The van der Waals surface area contributed by atoms with Crippen molar-refractivity contribution in [3.63, 3.8) is 0 Å². The quantitative estimate of drug-likeness (QED) is 0.604. The van der Waals surface area contributed by atoms with E-state index in [9.17, 15) is 0 Å². The Bertz CT molecular complexity index is 200. The van der Waals surface area contributed by atoms with Gasteiger partial charge in [-0.2, -0.15) is 0 Å². The van der Waals surface area contributed by atoms with E-state index in [-0.39, 0.29) is 0 Å². The molecule has 0 atom stereocenters. The van der Waals surface area contributed by atoms with Crippen LogP contribution < -0.4 is 0 Å². The van der Waals surface area contributed by atoms with Gasteiger partial charge in [-0.1, -0.05) is 35.9 Å². The summed E-state index contributed by atoms with van der Waals surface area (Å²) >= 11 is 0. The van der Waals surface area contributed by atoms with Crippen LogP contribution in [-0.2, 0) is 9.20 Å². The van der Waals surface area contributed by atoms with Crippen LogP contribution in [0.1, 0.15) is 5.56 Å². The molecule has 0 fully saturated rings. The van der Waals surface area contributed by atoms with E-state index in [1.54, 1.807) is 0 Å². The van der Waals surface area contributed by atoms with E-state index in [1.807, 2.05) is 18.2 Å². The fraction of sp³-hybridized carbons (Fsp3) is 0.143. The summed E-state index contributed by atoms with van der Waals surface area (Å²) in [4.78, 5) is 0. The second-order valence-corrected chi connectivity index (χ2v) is 13.7. The van der Waals surface area contributed by atoms with E-state index < -0.39 is 9.20 Å². The van der Waals surface area contributed by atoms with E-state index in [4.69, 9.17) is 40.4 Å². The summed E-state index contributed by atoms with van der Waals surface area (Å²) in [6.07, 6.45) is 0. The van der Waals surface area contributed by atoms with Crippen LogP contribution in [0.3, 0.4) is 0 Å². The molecule has 0 aliphatic rings. The molecular weight excluding hydrogens is 281 g/mol. The standard InChI is InChI=1S/C7H8.4ClH.Mn/c1-7-5-3-2-4-6-7;;;;;/h2-6H,1H3;4*1H;/q;;;;;+4/p-4. The molecule has 0 N–H and O–H groups in total. The van der Waals surface area contributed by atoms with Gasteiger partial charge in [0.1, 0.15) is 0 Å². The summed E-state index contributed by atoms with van der Waals surface area (Å²) < 4.78 is 0. The molecule has 0 heterocycles. The second-order valence-electron chi connectivity index (χ2n) is 1.98. The van der Waals surface area contributed by atoms with Crippen LogP contribution in [0, 0.1) is 6.92 Å². The summed E-state index contributed by atoms with van der Waals surface area (Å²) in [6.45, 7) is 2.08. The fourth-order valence-corrected chi connectivity index (χ4v) is 0.534. The molecule has 0 saturated heterocycles. The Balaban J connectivity index is 0.000000217.